The van der Waals surface area contributed by atoms with Crippen LogP contribution in [-0.4, -0.2) is 23.9 Å². The summed E-state index contributed by atoms with van der Waals surface area (Å²) in [5.41, 5.74) is 0.318. The Labute approximate surface area is 99.2 Å². The van der Waals surface area contributed by atoms with E-state index in [9.17, 15) is 9.50 Å². The van der Waals surface area contributed by atoms with Crippen LogP contribution in [0, 0.1) is 5.82 Å². The maximum atomic E-state index is 13.2. The van der Waals surface area contributed by atoms with Crippen LogP contribution in [-0.2, 0) is 4.74 Å². The standard InChI is InChI=1S/C13H15FO3/c1-16-9-5-13(6-9)7-11(15)10-3-2-8(14)4-12(10)17-13/h2-4,9,11,15H,5-7H2,1H3/t9?,11-,13?/m1/s1. The van der Waals surface area contributed by atoms with Crippen molar-refractivity contribution in [2.24, 2.45) is 0 Å². The molecule has 3 nitrogen and oxygen atoms in total. The number of aliphatic hydroxyl groups excluding tert-OH is 1. The van der Waals surface area contributed by atoms with Gasteiger partial charge in [0.2, 0.25) is 0 Å². The van der Waals surface area contributed by atoms with Crippen molar-refractivity contribution in [2.75, 3.05) is 7.11 Å². The molecule has 1 heterocycles. The average Bonchev–Trinajstić information content (AvgIpc) is 2.24. The van der Waals surface area contributed by atoms with Gasteiger partial charge in [0, 0.05) is 38.0 Å². The van der Waals surface area contributed by atoms with Crippen LogP contribution in [0.3, 0.4) is 0 Å². The molecule has 4 heteroatoms. The Bertz CT molecular complexity index is 440. The first-order chi connectivity index (χ1) is 8.12. The van der Waals surface area contributed by atoms with Gasteiger partial charge in [-0.1, -0.05) is 0 Å². The van der Waals surface area contributed by atoms with Crippen molar-refractivity contribution in [2.45, 2.75) is 37.1 Å². The zero-order valence-corrected chi connectivity index (χ0v) is 9.65. The zero-order chi connectivity index (χ0) is 12.0. The fourth-order valence-corrected chi connectivity index (χ4v) is 2.80. The number of fused-ring (bicyclic) bond motifs is 1. The zero-order valence-electron chi connectivity index (χ0n) is 9.65. The lowest BCUT2D eigenvalue weighted by Crippen LogP contribution is -2.54. The first-order valence-electron chi connectivity index (χ1n) is 5.81. The van der Waals surface area contributed by atoms with E-state index in [0.717, 1.165) is 12.8 Å². The van der Waals surface area contributed by atoms with Crippen molar-refractivity contribution in [3.63, 3.8) is 0 Å². The van der Waals surface area contributed by atoms with E-state index in [1.165, 1.54) is 12.1 Å². The van der Waals surface area contributed by atoms with Crippen LogP contribution in [0.1, 0.15) is 30.9 Å². The van der Waals surface area contributed by atoms with Gasteiger partial charge in [-0.25, -0.2) is 4.39 Å². The van der Waals surface area contributed by atoms with Crippen LogP contribution in [0.5, 0.6) is 5.75 Å². The minimum Gasteiger partial charge on any atom is -0.486 e. The molecule has 0 amide bonds. The lowest BCUT2D eigenvalue weighted by atomic mass is 9.71. The molecule has 0 bridgehead atoms. The Hall–Kier alpha value is -1.13. The van der Waals surface area contributed by atoms with Gasteiger partial charge in [-0.3, -0.25) is 0 Å². The molecule has 1 aromatic carbocycles. The summed E-state index contributed by atoms with van der Waals surface area (Å²) in [5.74, 6) is 0.133. The van der Waals surface area contributed by atoms with E-state index in [0.29, 0.717) is 17.7 Å². The van der Waals surface area contributed by atoms with Gasteiger partial charge in [0.15, 0.2) is 0 Å². The third-order valence-corrected chi connectivity index (χ3v) is 3.76. The van der Waals surface area contributed by atoms with Crippen LogP contribution in [0.4, 0.5) is 4.39 Å². The van der Waals surface area contributed by atoms with Gasteiger partial charge in [0.1, 0.15) is 17.2 Å². The molecule has 1 N–H and O–H groups in total. The van der Waals surface area contributed by atoms with E-state index in [1.54, 1.807) is 13.2 Å². The predicted molar refractivity (Wildman–Crippen MR) is 59.4 cm³/mol. The average molecular weight is 238 g/mol. The van der Waals surface area contributed by atoms with Crippen molar-refractivity contribution in [3.05, 3.63) is 29.6 Å². The third kappa shape index (κ3) is 1.72. The molecule has 1 atom stereocenters. The summed E-state index contributed by atoms with van der Waals surface area (Å²) in [6.07, 6.45) is 1.70. The van der Waals surface area contributed by atoms with Crippen molar-refractivity contribution < 1.29 is 19.0 Å². The summed E-state index contributed by atoms with van der Waals surface area (Å²) in [6, 6.07) is 4.29. The van der Waals surface area contributed by atoms with E-state index < -0.39 is 6.10 Å². The highest BCUT2D eigenvalue weighted by Gasteiger charge is 2.50. The normalized spacial score (nSPS) is 35.0. The van der Waals surface area contributed by atoms with Crippen LogP contribution in [0.15, 0.2) is 18.2 Å². The minimum absolute atomic E-state index is 0.192. The second-order valence-corrected chi connectivity index (χ2v) is 4.95. The first kappa shape index (κ1) is 11.0. The summed E-state index contributed by atoms with van der Waals surface area (Å²) >= 11 is 0. The molecule has 1 aliphatic heterocycles. The maximum absolute atomic E-state index is 13.2. The molecular weight excluding hydrogens is 223 g/mol. The molecule has 92 valence electrons. The number of methoxy groups -OCH3 is 1. The summed E-state index contributed by atoms with van der Waals surface area (Å²) in [5, 5.41) is 10.1. The number of halogens is 1. The van der Waals surface area contributed by atoms with Gasteiger partial charge in [-0.2, -0.15) is 0 Å². The summed E-state index contributed by atoms with van der Waals surface area (Å²) in [7, 11) is 1.67. The molecule has 17 heavy (non-hydrogen) atoms. The molecule has 1 fully saturated rings. The molecule has 0 aromatic heterocycles. The number of hydrogen-bond donors (Lipinski definition) is 1. The predicted octanol–water partition coefficient (Wildman–Crippen LogP) is 2.19. The number of ether oxygens (including phenoxy) is 2. The van der Waals surface area contributed by atoms with Crippen LogP contribution >= 0.6 is 0 Å². The highest BCUT2D eigenvalue weighted by Crippen LogP contribution is 2.49. The van der Waals surface area contributed by atoms with Crippen molar-refractivity contribution in [1.82, 2.24) is 0 Å². The lowest BCUT2D eigenvalue weighted by molar-refractivity contribution is -0.139. The first-order valence-corrected chi connectivity index (χ1v) is 5.81. The van der Waals surface area contributed by atoms with Gasteiger partial charge < -0.3 is 14.6 Å². The third-order valence-electron chi connectivity index (χ3n) is 3.76. The molecule has 1 aromatic rings. The quantitative estimate of drug-likeness (QED) is 0.815. The largest absolute Gasteiger partial charge is 0.486 e. The van der Waals surface area contributed by atoms with E-state index in [-0.39, 0.29) is 17.5 Å². The van der Waals surface area contributed by atoms with E-state index >= 15 is 0 Å². The van der Waals surface area contributed by atoms with Gasteiger partial charge in [0.25, 0.3) is 0 Å². The Morgan fingerprint density at radius 2 is 2.18 bits per heavy atom. The molecular formula is C13H15FO3. The Morgan fingerprint density at radius 3 is 2.88 bits per heavy atom. The molecule has 1 aliphatic carbocycles. The van der Waals surface area contributed by atoms with Crippen LogP contribution < -0.4 is 4.74 Å². The second kappa shape index (κ2) is 3.68. The smallest absolute Gasteiger partial charge is 0.128 e. The van der Waals surface area contributed by atoms with E-state index in [1.807, 2.05) is 0 Å². The molecule has 0 radical (unpaired) electrons. The minimum atomic E-state index is -0.572. The van der Waals surface area contributed by atoms with Gasteiger partial charge >= 0.3 is 0 Å². The summed E-state index contributed by atoms with van der Waals surface area (Å²) in [6.45, 7) is 0. The molecule has 2 aliphatic rings. The van der Waals surface area contributed by atoms with Crippen molar-refractivity contribution in [1.29, 1.82) is 0 Å². The molecule has 1 saturated carbocycles. The Balaban J connectivity index is 1.88. The topological polar surface area (TPSA) is 38.7 Å². The summed E-state index contributed by atoms with van der Waals surface area (Å²) < 4.78 is 24.2. The monoisotopic (exact) mass is 238 g/mol. The number of benzene rings is 1. The van der Waals surface area contributed by atoms with Gasteiger partial charge in [0.05, 0.1) is 12.2 Å². The molecule has 0 saturated heterocycles. The molecule has 0 unspecified atom stereocenters. The van der Waals surface area contributed by atoms with Crippen LogP contribution in [0.25, 0.3) is 0 Å². The van der Waals surface area contributed by atoms with E-state index in [2.05, 4.69) is 0 Å². The lowest BCUT2D eigenvalue weighted by Gasteiger charge is -2.50. The number of rotatable bonds is 1. The van der Waals surface area contributed by atoms with Crippen LogP contribution in [0.2, 0.25) is 0 Å². The summed E-state index contributed by atoms with van der Waals surface area (Å²) in [4.78, 5) is 0. The SMILES string of the molecule is COC1CC2(C1)C[C@@H](O)c1ccc(F)cc1O2. The maximum Gasteiger partial charge on any atom is 0.128 e. The molecule has 3 rings (SSSR count). The van der Waals surface area contributed by atoms with Crippen molar-refractivity contribution >= 4 is 0 Å². The molecule has 1 spiro atoms. The highest BCUT2D eigenvalue weighted by atomic mass is 19.1. The number of aliphatic hydroxyl groups is 1. The van der Waals surface area contributed by atoms with E-state index in [4.69, 9.17) is 9.47 Å². The van der Waals surface area contributed by atoms with Gasteiger partial charge in [-0.15, -0.1) is 0 Å². The second-order valence-electron chi connectivity index (χ2n) is 4.95. The number of hydrogen-bond acceptors (Lipinski definition) is 3. The van der Waals surface area contributed by atoms with Gasteiger partial charge in [-0.05, 0) is 12.1 Å². The van der Waals surface area contributed by atoms with Crippen molar-refractivity contribution in [3.8, 4) is 5.75 Å². The fourth-order valence-electron chi connectivity index (χ4n) is 2.80. The fraction of sp³-hybridized carbons (Fsp3) is 0.538. The Morgan fingerprint density at radius 1 is 1.41 bits per heavy atom. The highest BCUT2D eigenvalue weighted by molar-refractivity contribution is 5.39. The Kier molecular flexibility index (Phi) is 2.38.